The van der Waals surface area contributed by atoms with Crippen molar-refractivity contribution in [1.29, 1.82) is 0 Å². The molecule has 1 atom stereocenters. The zero-order valence-corrected chi connectivity index (χ0v) is 21.7. The molecule has 0 aliphatic heterocycles. The lowest BCUT2D eigenvalue weighted by Crippen LogP contribution is -2.46. The third-order valence-corrected chi connectivity index (χ3v) is 5.35. The molecule has 0 aliphatic carbocycles. The zero-order valence-electron chi connectivity index (χ0n) is 21.7. The number of carbonyl (C=O) groups is 5. The molecule has 0 aliphatic rings. The summed E-state index contributed by atoms with van der Waals surface area (Å²) in [5, 5.41) is 16.6. The summed E-state index contributed by atoms with van der Waals surface area (Å²) in [7, 11) is 1.65. The molecule has 0 aromatic carbocycles. The molecular weight excluding hydrogens is 452 g/mol. The lowest BCUT2D eigenvalue weighted by atomic mass is 10.1. The maximum absolute atomic E-state index is 12.3. The summed E-state index contributed by atoms with van der Waals surface area (Å²) in [6.07, 6.45) is 7.99. The highest BCUT2D eigenvalue weighted by Gasteiger charge is 2.18. The second kappa shape index (κ2) is 21.8. The fourth-order valence-corrected chi connectivity index (χ4v) is 3.32. The Morgan fingerprint density at radius 1 is 0.571 bits per heavy atom. The Balaban J connectivity index is 3.80. The average Bonchev–Trinajstić information content (AvgIpc) is 2.81. The van der Waals surface area contributed by atoms with Crippen LogP contribution >= 0.6 is 0 Å². The standard InChI is InChI=1S/C24H46N6O5/c1-19(31)26-14-8-4-6-10-16-28-22(33)13-12-21(25-3)24(35)30-18-23(34)29-17-11-7-5-9-15-27-20(2)32/h21,25H,4-18H2,1-3H3,(H,26,31)(H,27,32)(H,28,33)(H,29,34)(H,30,35)/t21-/m1/s1. The van der Waals surface area contributed by atoms with Gasteiger partial charge in [0.1, 0.15) is 0 Å². The van der Waals surface area contributed by atoms with E-state index in [0.29, 0.717) is 32.6 Å². The monoisotopic (exact) mass is 498 g/mol. The largest absolute Gasteiger partial charge is 0.356 e. The van der Waals surface area contributed by atoms with Crippen LogP contribution in [0.5, 0.6) is 0 Å². The second-order valence-electron chi connectivity index (χ2n) is 8.59. The highest BCUT2D eigenvalue weighted by Crippen LogP contribution is 2.00. The molecule has 0 saturated carbocycles. The smallest absolute Gasteiger partial charge is 0.239 e. The van der Waals surface area contributed by atoms with Gasteiger partial charge in [-0.15, -0.1) is 0 Å². The van der Waals surface area contributed by atoms with Crippen LogP contribution in [0.3, 0.4) is 0 Å². The van der Waals surface area contributed by atoms with Gasteiger partial charge in [0, 0.05) is 46.4 Å². The van der Waals surface area contributed by atoms with Crippen molar-refractivity contribution >= 4 is 29.5 Å². The van der Waals surface area contributed by atoms with Crippen molar-refractivity contribution < 1.29 is 24.0 Å². The average molecular weight is 499 g/mol. The summed E-state index contributed by atoms with van der Waals surface area (Å²) < 4.78 is 0. The molecule has 0 saturated heterocycles. The summed E-state index contributed by atoms with van der Waals surface area (Å²) in [4.78, 5) is 57.8. The fourth-order valence-electron chi connectivity index (χ4n) is 3.32. The first kappa shape index (κ1) is 32.3. The van der Waals surface area contributed by atoms with Crippen molar-refractivity contribution in [1.82, 2.24) is 31.9 Å². The first-order valence-corrected chi connectivity index (χ1v) is 12.7. The van der Waals surface area contributed by atoms with E-state index in [1.165, 1.54) is 13.8 Å². The van der Waals surface area contributed by atoms with Crippen molar-refractivity contribution in [2.45, 2.75) is 84.1 Å². The van der Waals surface area contributed by atoms with Crippen LogP contribution in [-0.2, 0) is 24.0 Å². The summed E-state index contributed by atoms with van der Waals surface area (Å²) >= 11 is 0. The Labute approximate surface area is 209 Å². The molecule has 0 fully saturated rings. The topological polar surface area (TPSA) is 158 Å². The molecule has 0 aromatic heterocycles. The molecule has 0 unspecified atom stereocenters. The number of likely N-dealkylation sites (N-methyl/N-ethyl adjacent to an activating group) is 1. The summed E-state index contributed by atoms with van der Waals surface area (Å²) in [6.45, 7) is 5.37. The van der Waals surface area contributed by atoms with Crippen LogP contribution < -0.4 is 31.9 Å². The van der Waals surface area contributed by atoms with E-state index in [1.54, 1.807) is 7.05 Å². The highest BCUT2D eigenvalue weighted by atomic mass is 16.2. The molecule has 0 rings (SSSR count). The normalized spacial score (nSPS) is 11.3. The number of nitrogens with one attached hydrogen (secondary N) is 6. The highest BCUT2D eigenvalue weighted by molar-refractivity contribution is 5.87. The molecule has 0 spiro atoms. The van der Waals surface area contributed by atoms with E-state index >= 15 is 0 Å². The minimum Gasteiger partial charge on any atom is -0.356 e. The Bertz CT molecular complexity index is 644. The van der Waals surface area contributed by atoms with Crippen LogP contribution in [0.25, 0.3) is 0 Å². The Morgan fingerprint density at radius 2 is 1.00 bits per heavy atom. The van der Waals surface area contributed by atoms with E-state index in [2.05, 4.69) is 31.9 Å². The molecule has 11 heteroatoms. The van der Waals surface area contributed by atoms with Gasteiger partial charge in [-0.25, -0.2) is 0 Å². The predicted octanol–water partition coefficient (Wildman–Crippen LogP) is 0.0962. The number of unbranched alkanes of at least 4 members (excludes halogenated alkanes) is 6. The van der Waals surface area contributed by atoms with Crippen LogP contribution in [0.1, 0.15) is 78.1 Å². The maximum atomic E-state index is 12.3. The number of amides is 5. The number of rotatable bonds is 21. The van der Waals surface area contributed by atoms with Gasteiger partial charge in [-0.2, -0.15) is 0 Å². The minimum absolute atomic E-state index is 0.0204. The van der Waals surface area contributed by atoms with Gasteiger partial charge in [0.2, 0.25) is 29.5 Å². The van der Waals surface area contributed by atoms with E-state index in [9.17, 15) is 24.0 Å². The lowest BCUT2D eigenvalue weighted by molar-refractivity contribution is -0.127. The number of hydrogen-bond acceptors (Lipinski definition) is 6. The zero-order chi connectivity index (χ0) is 26.3. The molecule has 0 aromatic rings. The summed E-state index contributed by atoms with van der Waals surface area (Å²) in [5.74, 6) is -0.713. The van der Waals surface area contributed by atoms with Crippen molar-refractivity contribution in [2.24, 2.45) is 0 Å². The molecule has 6 N–H and O–H groups in total. The molecule has 5 amide bonds. The summed E-state index contributed by atoms with van der Waals surface area (Å²) in [5.41, 5.74) is 0. The molecule has 0 bridgehead atoms. The van der Waals surface area contributed by atoms with Crippen LogP contribution in [-0.4, -0.2) is 75.3 Å². The lowest BCUT2D eigenvalue weighted by Gasteiger charge is -2.16. The number of hydrogen-bond donors (Lipinski definition) is 6. The predicted molar refractivity (Wildman–Crippen MR) is 135 cm³/mol. The molecule has 11 nitrogen and oxygen atoms in total. The van der Waals surface area contributed by atoms with Crippen molar-refractivity contribution in [2.75, 3.05) is 39.8 Å². The van der Waals surface area contributed by atoms with Gasteiger partial charge >= 0.3 is 0 Å². The molecule has 0 heterocycles. The Hall–Kier alpha value is -2.69. The van der Waals surface area contributed by atoms with Crippen LogP contribution in [0, 0.1) is 0 Å². The van der Waals surface area contributed by atoms with E-state index < -0.39 is 6.04 Å². The Kier molecular flexibility index (Phi) is 20.1. The van der Waals surface area contributed by atoms with Gasteiger partial charge in [-0.3, -0.25) is 24.0 Å². The van der Waals surface area contributed by atoms with Gasteiger partial charge < -0.3 is 31.9 Å². The SMILES string of the molecule is CN[C@H](CCC(=O)NCCCCCCNC(C)=O)C(=O)NCC(=O)NCCCCCCNC(C)=O. The van der Waals surface area contributed by atoms with Crippen LogP contribution in [0.2, 0.25) is 0 Å². The minimum atomic E-state index is -0.550. The van der Waals surface area contributed by atoms with Gasteiger partial charge in [-0.05, 0) is 39.2 Å². The van der Waals surface area contributed by atoms with E-state index in [1.807, 2.05) is 0 Å². The Morgan fingerprint density at radius 3 is 1.43 bits per heavy atom. The van der Waals surface area contributed by atoms with Crippen molar-refractivity contribution in [3.8, 4) is 0 Å². The van der Waals surface area contributed by atoms with Crippen LogP contribution in [0.4, 0.5) is 0 Å². The van der Waals surface area contributed by atoms with Crippen molar-refractivity contribution in [3.63, 3.8) is 0 Å². The first-order valence-electron chi connectivity index (χ1n) is 12.7. The molecule has 202 valence electrons. The second-order valence-corrected chi connectivity index (χ2v) is 8.59. The van der Waals surface area contributed by atoms with E-state index in [4.69, 9.17) is 0 Å². The van der Waals surface area contributed by atoms with Gasteiger partial charge in [0.25, 0.3) is 0 Å². The number of carbonyl (C=O) groups excluding carboxylic acids is 5. The quantitative estimate of drug-likeness (QED) is 0.123. The first-order chi connectivity index (χ1) is 16.8. The van der Waals surface area contributed by atoms with Crippen molar-refractivity contribution in [3.05, 3.63) is 0 Å². The van der Waals surface area contributed by atoms with Gasteiger partial charge in [0.05, 0.1) is 12.6 Å². The molecule has 0 radical (unpaired) electrons. The molecular formula is C24H46N6O5. The van der Waals surface area contributed by atoms with E-state index in [0.717, 1.165) is 51.4 Å². The molecule has 35 heavy (non-hydrogen) atoms. The van der Waals surface area contributed by atoms with E-state index in [-0.39, 0.29) is 42.5 Å². The van der Waals surface area contributed by atoms with Gasteiger partial charge in [0.15, 0.2) is 0 Å². The third-order valence-electron chi connectivity index (χ3n) is 5.35. The third kappa shape index (κ3) is 21.6. The van der Waals surface area contributed by atoms with Gasteiger partial charge in [-0.1, -0.05) is 25.7 Å². The fraction of sp³-hybridized carbons (Fsp3) is 0.792. The maximum Gasteiger partial charge on any atom is 0.239 e. The summed E-state index contributed by atoms with van der Waals surface area (Å²) in [6, 6.07) is -0.550. The van der Waals surface area contributed by atoms with Crippen LogP contribution in [0.15, 0.2) is 0 Å².